The highest BCUT2D eigenvalue weighted by atomic mass is 16.5. The molecule has 1 saturated heterocycles. The maximum Gasteiger partial charge on any atom is 0.0952 e. The van der Waals surface area contributed by atoms with Gasteiger partial charge in [-0.3, -0.25) is 4.90 Å². The van der Waals surface area contributed by atoms with Crippen LogP contribution in [0.4, 0.5) is 0 Å². The summed E-state index contributed by atoms with van der Waals surface area (Å²) in [6.45, 7) is 4.12. The van der Waals surface area contributed by atoms with Gasteiger partial charge in [-0.1, -0.05) is 54.6 Å². The van der Waals surface area contributed by atoms with Crippen molar-refractivity contribution >= 4 is 0 Å². The maximum atomic E-state index is 6.30. The van der Waals surface area contributed by atoms with Crippen LogP contribution in [0, 0.1) is 0 Å². The fraction of sp³-hybridized carbons (Fsp3) is 0.400. The van der Waals surface area contributed by atoms with Gasteiger partial charge in [0.25, 0.3) is 0 Å². The summed E-state index contributed by atoms with van der Waals surface area (Å²) in [4.78, 5) is 2.58. The summed E-state index contributed by atoms with van der Waals surface area (Å²) in [5.41, 5.74) is 4.21. The van der Waals surface area contributed by atoms with Crippen molar-refractivity contribution in [1.82, 2.24) is 4.90 Å². The quantitative estimate of drug-likeness (QED) is 0.826. The van der Waals surface area contributed by atoms with Gasteiger partial charge in [0, 0.05) is 13.1 Å². The number of rotatable bonds is 2. The van der Waals surface area contributed by atoms with Crippen molar-refractivity contribution < 1.29 is 4.74 Å². The van der Waals surface area contributed by atoms with Crippen LogP contribution in [0.5, 0.6) is 0 Å². The van der Waals surface area contributed by atoms with Crippen LogP contribution in [-0.4, -0.2) is 18.0 Å². The normalized spacial score (nSPS) is 25.1. The molecule has 2 aliphatic heterocycles. The van der Waals surface area contributed by atoms with Gasteiger partial charge in [0.2, 0.25) is 0 Å². The lowest BCUT2D eigenvalue weighted by Gasteiger charge is -2.28. The van der Waals surface area contributed by atoms with Crippen LogP contribution in [0.1, 0.15) is 36.0 Å². The number of nitrogens with zero attached hydrogens (tertiary/aromatic N) is 1. The van der Waals surface area contributed by atoms with Crippen LogP contribution in [-0.2, 0) is 23.5 Å². The van der Waals surface area contributed by atoms with Crippen molar-refractivity contribution in [2.45, 2.75) is 38.0 Å². The van der Waals surface area contributed by atoms with Gasteiger partial charge in [-0.15, -0.1) is 0 Å². The van der Waals surface area contributed by atoms with Gasteiger partial charge in [-0.25, -0.2) is 0 Å². The van der Waals surface area contributed by atoms with Crippen molar-refractivity contribution in [3.63, 3.8) is 0 Å². The lowest BCUT2D eigenvalue weighted by molar-refractivity contribution is -0.0486. The van der Waals surface area contributed by atoms with Gasteiger partial charge in [-0.2, -0.15) is 0 Å². The van der Waals surface area contributed by atoms with E-state index in [2.05, 4.69) is 59.5 Å². The largest absolute Gasteiger partial charge is 0.366 e. The summed E-state index contributed by atoms with van der Waals surface area (Å²) < 4.78 is 6.30. The van der Waals surface area contributed by atoms with Crippen LogP contribution >= 0.6 is 0 Å². The summed E-state index contributed by atoms with van der Waals surface area (Å²) in [7, 11) is 0. The minimum Gasteiger partial charge on any atom is -0.366 e. The van der Waals surface area contributed by atoms with Crippen molar-refractivity contribution in [2.75, 3.05) is 13.1 Å². The van der Waals surface area contributed by atoms with Crippen LogP contribution in [0.2, 0.25) is 0 Å². The third-order valence-electron chi connectivity index (χ3n) is 5.15. The lowest BCUT2D eigenvalue weighted by Crippen LogP contribution is -2.28. The number of hydrogen-bond acceptors (Lipinski definition) is 2. The zero-order valence-corrected chi connectivity index (χ0v) is 13.0. The third-order valence-corrected chi connectivity index (χ3v) is 5.15. The van der Waals surface area contributed by atoms with Crippen molar-refractivity contribution in [3.05, 3.63) is 71.3 Å². The predicted octanol–water partition coefficient (Wildman–Crippen LogP) is 4.10. The Balaban J connectivity index is 1.49. The molecule has 22 heavy (non-hydrogen) atoms. The Labute approximate surface area is 132 Å². The molecule has 1 unspecified atom stereocenters. The molecule has 0 aromatic heterocycles. The van der Waals surface area contributed by atoms with Crippen molar-refractivity contribution in [3.8, 4) is 0 Å². The van der Waals surface area contributed by atoms with E-state index in [1.807, 2.05) is 0 Å². The monoisotopic (exact) mass is 293 g/mol. The van der Waals surface area contributed by atoms with Gasteiger partial charge >= 0.3 is 0 Å². The van der Waals surface area contributed by atoms with Gasteiger partial charge in [0.05, 0.1) is 12.2 Å². The van der Waals surface area contributed by atoms with Crippen LogP contribution < -0.4 is 0 Å². The molecule has 2 aliphatic rings. The number of likely N-dealkylation sites (tertiary alicyclic amines) is 1. The molecule has 1 fully saturated rings. The van der Waals surface area contributed by atoms with E-state index in [1.165, 1.54) is 29.7 Å². The summed E-state index contributed by atoms with van der Waals surface area (Å²) >= 11 is 0. The molecule has 0 aliphatic carbocycles. The smallest absolute Gasteiger partial charge is 0.0952 e. The molecule has 0 amide bonds. The van der Waals surface area contributed by atoms with E-state index in [0.29, 0.717) is 0 Å². The Morgan fingerprint density at radius 3 is 2.64 bits per heavy atom. The average molecular weight is 293 g/mol. The molecule has 0 saturated carbocycles. The molecular formula is C20H23NO. The van der Waals surface area contributed by atoms with E-state index in [9.17, 15) is 0 Å². The van der Waals surface area contributed by atoms with E-state index < -0.39 is 0 Å². The summed E-state index contributed by atoms with van der Waals surface area (Å²) in [5.74, 6) is 0. The molecular weight excluding hydrogens is 270 g/mol. The average Bonchev–Trinajstić information content (AvgIpc) is 2.79. The molecule has 0 bridgehead atoms. The molecule has 2 aromatic carbocycles. The molecule has 1 spiro atoms. The van der Waals surface area contributed by atoms with E-state index in [1.54, 1.807) is 0 Å². The molecule has 4 rings (SSSR count). The maximum absolute atomic E-state index is 6.30. The molecule has 2 heteroatoms. The Morgan fingerprint density at radius 1 is 0.909 bits per heavy atom. The summed E-state index contributed by atoms with van der Waals surface area (Å²) in [6.07, 6.45) is 3.47. The third kappa shape index (κ3) is 2.57. The topological polar surface area (TPSA) is 12.5 Å². The number of ether oxygens (including phenoxy) is 1. The van der Waals surface area contributed by atoms with E-state index >= 15 is 0 Å². The second-order valence-corrected chi connectivity index (χ2v) is 6.56. The van der Waals surface area contributed by atoms with Crippen LogP contribution in [0.3, 0.4) is 0 Å². The van der Waals surface area contributed by atoms with Gasteiger partial charge < -0.3 is 4.74 Å². The highest BCUT2D eigenvalue weighted by Gasteiger charge is 2.40. The molecule has 1 atom stereocenters. The van der Waals surface area contributed by atoms with Crippen LogP contribution in [0.25, 0.3) is 0 Å². The minimum atomic E-state index is -0.0258. The highest BCUT2D eigenvalue weighted by molar-refractivity contribution is 5.35. The van der Waals surface area contributed by atoms with E-state index in [-0.39, 0.29) is 5.60 Å². The van der Waals surface area contributed by atoms with Gasteiger partial charge in [0.15, 0.2) is 0 Å². The Kier molecular flexibility index (Phi) is 3.73. The van der Waals surface area contributed by atoms with Gasteiger partial charge in [-0.05, 0) is 42.5 Å². The number of fused-ring (bicyclic) bond motifs is 2. The minimum absolute atomic E-state index is 0.0258. The predicted molar refractivity (Wildman–Crippen MR) is 88.5 cm³/mol. The standard InChI is InChI=1S/C20H23NO/c1-2-7-17(8-3-1)15-21-13-6-11-20(12-14-21)19-10-5-4-9-18(19)16-22-20/h1-5,7-10H,6,11-16H2. The molecule has 2 nitrogen and oxygen atoms in total. The Morgan fingerprint density at radius 2 is 1.73 bits per heavy atom. The number of hydrogen-bond donors (Lipinski definition) is 0. The molecule has 0 N–H and O–H groups in total. The van der Waals surface area contributed by atoms with Crippen LogP contribution in [0.15, 0.2) is 54.6 Å². The molecule has 0 radical (unpaired) electrons. The summed E-state index contributed by atoms with van der Waals surface area (Å²) in [5, 5.41) is 0. The molecule has 114 valence electrons. The fourth-order valence-corrected chi connectivity index (χ4v) is 3.96. The second-order valence-electron chi connectivity index (χ2n) is 6.56. The highest BCUT2D eigenvalue weighted by Crippen LogP contribution is 2.44. The van der Waals surface area contributed by atoms with Crippen molar-refractivity contribution in [1.29, 1.82) is 0 Å². The summed E-state index contributed by atoms with van der Waals surface area (Å²) in [6, 6.07) is 19.6. The zero-order valence-electron chi connectivity index (χ0n) is 13.0. The molecule has 2 heterocycles. The second kappa shape index (κ2) is 5.86. The van der Waals surface area contributed by atoms with E-state index in [4.69, 9.17) is 4.74 Å². The zero-order chi connectivity index (χ0) is 14.8. The Bertz CT molecular complexity index is 639. The molecule has 2 aromatic rings. The first kappa shape index (κ1) is 14.0. The number of benzene rings is 2. The first-order valence-electron chi connectivity index (χ1n) is 8.34. The van der Waals surface area contributed by atoms with Crippen molar-refractivity contribution in [2.24, 2.45) is 0 Å². The fourth-order valence-electron chi connectivity index (χ4n) is 3.96. The van der Waals surface area contributed by atoms with E-state index in [0.717, 1.165) is 32.5 Å². The first-order chi connectivity index (χ1) is 10.9. The first-order valence-corrected chi connectivity index (χ1v) is 8.34. The SMILES string of the molecule is c1ccc(CN2CCCC3(CC2)OCc2ccccc23)cc1. The van der Waals surface area contributed by atoms with Gasteiger partial charge in [0.1, 0.15) is 0 Å². The Hall–Kier alpha value is -1.64. The lowest BCUT2D eigenvalue weighted by atomic mass is 9.86.